The predicted molar refractivity (Wildman–Crippen MR) is 141 cm³/mol. The second-order valence-corrected chi connectivity index (χ2v) is 9.06. The Kier molecular flexibility index (Phi) is 7.36. The molecule has 0 radical (unpaired) electrons. The van der Waals surface area contributed by atoms with Crippen LogP contribution in [0.3, 0.4) is 0 Å². The molecule has 0 unspecified atom stereocenters. The van der Waals surface area contributed by atoms with Crippen LogP contribution in [0.25, 0.3) is 22.0 Å². The van der Waals surface area contributed by atoms with E-state index in [1.54, 1.807) is 18.3 Å². The van der Waals surface area contributed by atoms with Crippen molar-refractivity contribution in [1.29, 1.82) is 0 Å². The first kappa shape index (κ1) is 25.4. The molecule has 8 nitrogen and oxygen atoms in total. The van der Waals surface area contributed by atoms with Gasteiger partial charge < -0.3 is 25.6 Å². The van der Waals surface area contributed by atoms with Crippen LogP contribution in [0, 0.1) is 0 Å². The molecule has 198 valence electrons. The Labute approximate surface area is 217 Å². The number of hydrogen-bond acceptors (Lipinski definition) is 5. The smallest absolute Gasteiger partial charge is 0.406 e. The lowest BCUT2D eigenvalue weighted by molar-refractivity contribution is -0.274. The van der Waals surface area contributed by atoms with E-state index in [1.165, 1.54) is 25.0 Å². The number of carbonyl (C=O) groups is 1. The molecule has 0 spiro atoms. The third kappa shape index (κ3) is 6.54. The molecule has 4 aromatic rings. The van der Waals surface area contributed by atoms with Crippen molar-refractivity contribution >= 4 is 34.0 Å². The van der Waals surface area contributed by atoms with E-state index in [0.29, 0.717) is 5.69 Å². The molecule has 3 aromatic carbocycles. The molecular weight excluding hydrogens is 497 g/mol. The van der Waals surface area contributed by atoms with Crippen LogP contribution in [-0.4, -0.2) is 53.7 Å². The normalized spacial score (nSPS) is 14.0. The lowest BCUT2D eigenvalue weighted by atomic mass is 10.0. The van der Waals surface area contributed by atoms with Gasteiger partial charge in [-0.2, -0.15) is 5.10 Å². The summed E-state index contributed by atoms with van der Waals surface area (Å²) in [5.74, 6) is -0.419. The summed E-state index contributed by atoms with van der Waals surface area (Å²) >= 11 is 0. The maximum Gasteiger partial charge on any atom is 0.573 e. The Bertz CT molecular complexity index is 1400. The minimum absolute atomic E-state index is 0.164. The standard InChI is InChI=1S/C27H27F3N6O2/c28-27(29,30)38-22-5-3-4-20(14-22)34-26(37)33-19-8-6-18(7-9-19)23-15-21(16-25-24(23)17-32-35-25)31-10-13-36-11-1-2-12-36/h3-9,14-17,31H,1-2,10-13H2,(H,32,35)(H2,33,34,37). The summed E-state index contributed by atoms with van der Waals surface area (Å²) in [4.78, 5) is 14.9. The van der Waals surface area contributed by atoms with Crippen LogP contribution in [0.4, 0.5) is 35.0 Å². The van der Waals surface area contributed by atoms with Crippen molar-refractivity contribution in [2.45, 2.75) is 19.2 Å². The number of likely N-dealkylation sites (tertiary alicyclic amines) is 1. The van der Waals surface area contributed by atoms with Gasteiger partial charge in [0.1, 0.15) is 5.75 Å². The number of halogens is 3. The first-order chi connectivity index (χ1) is 18.3. The van der Waals surface area contributed by atoms with Crippen molar-refractivity contribution in [3.05, 3.63) is 66.9 Å². The van der Waals surface area contributed by atoms with Gasteiger partial charge in [-0.15, -0.1) is 13.2 Å². The highest BCUT2D eigenvalue weighted by molar-refractivity contribution is 6.01. The van der Waals surface area contributed by atoms with Gasteiger partial charge in [-0.3, -0.25) is 5.10 Å². The van der Waals surface area contributed by atoms with Crippen LogP contribution in [0.15, 0.2) is 66.9 Å². The van der Waals surface area contributed by atoms with Gasteiger partial charge in [-0.25, -0.2) is 4.79 Å². The summed E-state index contributed by atoms with van der Waals surface area (Å²) in [6.07, 6.45) is -0.496. The van der Waals surface area contributed by atoms with E-state index in [4.69, 9.17) is 0 Å². The number of ether oxygens (including phenoxy) is 1. The highest BCUT2D eigenvalue weighted by atomic mass is 19.4. The minimum atomic E-state index is -4.81. The lowest BCUT2D eigenvalue weighted by Crippen LogP contribution is -2.25. The Morgan fingerprint density at radius 2 is 1.74 bits per heavy atom. The molecular formula is C27H27F3N6O2. The molecule has 0 saturated carbocycles. The fourth-order valence-corrected chi connectivity index (χ4v) is 4.55. The second kappa shape index (κ2) is 11.0. The molecule has 11 heteroatoms. The number of alkyl halides is 3. The molecule has 1 saturated heterocycles. The third-order valence-corrected chi connectivity index (χ3v) is 6.29. The Morgan fingerprint density at radius 1 is 0.974 bits per heavy atom. The fourth-order valence-electron chi connectivity index (χ4n) is 4.55. The van der Waals surface area contributed by atoms with E-state index in [-0.39, 0.29) is 5.69 Å². The highest BCUT2D eigenvalue weighted by Gasteiger charge is 2.31. The number of hydrogen-bond donors (Lipinski definition) is 4. The highest BCUT2D eigenvalue weighted by Crippen LogP contribution is 2.32. The number of aromatic nitrogens is 2. The zero-order valence-electron chi connectivity index (χ0n) is 20.4. The SMILES string of the molecule is O=C(Nc1ccc(-c2cc(NCCN3CCCC3)cc3[nH]ncc23)cc1)Nc1cccc(OC(F)(F)F)c1. The summed E-state index contributed by atoms with van der Waals surface area (Å²) in [6, 6.07) is 15.9. The zero-order valence-corrected chi connectivity index (χ0v) is 20.4. The number of benzene rings is 3. The molecule has 1 fully saturated rings. The summed E-state index contributed by atoms with van der Waals surface area (Å²) in [5.41, 5.74) is 4.55. The predicted octanol–water partition coefficient (Wildman–Crippen LogP) is 6.28. The topological polar surface area (TPSA) is 94.3 Å². The summed E-state index contributed by atoms with van der Waals surface area (Å²) < 4.78 is 41.2. The van der Waals surface area contributed by atoms with E-state index in [9.17, 15) is 18.0 Å². The molecule has 1 aliphatic heterocycles. The van der Waals surface area contributed by atoms with Gasteiger partial charge in [0.25, 0.3) is 0 Å². The number of aromatic amines is 1. The Balaban J connectivity index is 1.24. The molecule has 0 bridgehead atoms. The first-order valence-corrected chi connectivity index (χ1v) is 12.3. The van der Waals surface area contributed by atoms with Crippen molar-refractivity contribution in [2.75, 3.05) is 42.1 Å². The van der Waals surface area contributed by atoms with Crippen molar-refractivity contribution in [1.82, 2.24) is 15.1 Å². The quantitative estimate of drug-likeness (QED) is 0.218. The van der Waals surface area contributed by atoms with Gasteiger partial charge in [0.05, 0.1) is 11.7 Å². The Morgan fingerprint density at radius 3 is 2.50 bits per heavy atom. The molecule has 5 rings (SSSR count). The van der Waals surface area contributed by atoms with E-state index in [1.807, 2.05) is 18.2 Å². The van der Waals surface area contributed by atoms with Crippen molar-refractivity contribution in [2.24, 2.45) is 0 Å². The van der Waals surface area contributed by atoms with Crippen LogP contribution in [0.2, 0.25) is 0 Å². The van der Waals surface area contributed by atoms with E-state index in [0.717, 1.165) is 66.0 Å². The molecule has 2 amide bonds. The van der Waals surface area contributed by atoms with Gasteiger partial charge >= 0.3 is 12.4 Å². The first-order valence-electron chi connectivity index (χ1n) is 12.3. The third-order valence-electron chi connectivity index (χ3n) is 6.29. The van der Waals surface area contributed by atoms with Crippen molar-refractivity contribution in [3.63, 3.8) is 0 Å². The number of nitrogens with zero attached hydrogens (tertiary/aromatic N) is 2. The van der Waals surface area contributed by atoms with Crippen LogP contribution in [-0.2, 0) is 0 Å². The van der Waals surface area contributed by atoms with Gasteiger partial charge in [-0.05, 0) is 73.5 Å². The second-order valence-electron chi connectivity index (χ2n) is 9.06. The maximum absolute atomic E-state index is 12.4. The van der Waals surface area contributed by atoms with Gasteiger partial charge in [0, 0.05) is 41.6 Å². The summed E-state index contributed by atoms with van der Waals surface area (Å²) in [6.45, 7) is 4.16. The molecule has 2 heterocycles. The van der Waals surface area contributed by atoms with Crippen LogP contribution in [0.5, 0.6) is 5.75 Å². The van der Waals surface area contributed by atoms with Crippen LogP contribution >= 0.6 is 0 Å². The Hall–Kier alpha value is -4.25. The summed E-state index contributed by atoms with van der Waals surface area (Å²) in [7, 11) is 0. The number of amides is 2. The van der Waals surface area contributed by atoms with E-state index >= 15 is 0 Å². The van der Waals surface area contributed by atoms with Crippen molar-refractivity contribution < 1.29 is 22.7 Å². The van der Waals surface area contributed by atoms with Crippen molar-refractivity contribution in [3.8, 4) is 16.9 Å². The monoisotopic (exact) mass is 524 g/mol. The van der Waals surface area contributed by atoms with Crippen LogP contribution < -0.4 is 20.7 Å². The number of H-pyrrole nitrogens is 1. The minimum Gasteiger partial charge on any atom is -0.406 e. The maximum atomic E-state index is 12.4. The number of fused-ring (bicyclic) bond motifs is 1. The van der Waals surface area contributed by atoms with Crippen LogP contribution in [0.1, 0.15) is 12.8 Å². The van der Waals surface area contributed by atoms with E-state index in [2.05, 4.69) is 41.9 Å². The molecule has 4 N–H and O–H groups in total. The van der Waals surface area contributed by atoms with Gasteiger partial charge in [0.15, 0.2) is 0 Å². The average molecular weight is 525 g/mol. The zero-order chi connectivity index (χ0) is 26.5. The average Bonchev–Trinajstić information content (AvgIpc) is 3.55. The van der Waals surface area contributed by atoms with Gasteiger partial charge in [0.2, 0.25) is 0 Å². The van der Waals surface area contributed by atoms with E-state index < -0.39 is 18.1 Å². The number of nitrogens with one attached hydrogen (secondary N) is 4. The molecule has 1 aromatic heterocycles. The molecule has 0 atom stereocenters. The fraction of sp³-hybridized carbons (Fsp3) is 0.259. The number of carbonyl (C=O) groups excluding carboxylic acids is 1. The number of anilines is 3. The largest absolute Gasteiger partial charge is 0.573 e. The number of urea groups is 1. The molecule has 1 aliphatic rings. The molecule has 0 aliphatic carbocycles. The number of rotatable bonds is 8. The lowest BCUT2D eigenvalue weighted by Gasteiger charge is -2.16. The molecule has 38 heavy (non-hydrogen) atoms. The van der Waals surface area contributed by atoms with Gasteiger partial charge in [-0.1, -0.05) is 18.2 Å². The summed E-state index contributed by atoms with van der Waals surface area (Å²) in [5, 5.41) is 16.9.